The fraction of sp³-hybridized carbons (Fsp3) is 0.222. The molecule has 0 atom stereocenters. The van der Waals surface area contributed by atoms with Crippen LogP contribution in [-0.2, 0) is 0 Å². The first kappa shape index (κ1) is 15.2. The summed E-state index contributed by atoms with van der Waals surface area (Å²) in [6.45, 7) is 0. The second-order valence-electron chi connectivity index (χ2n) is 3.49. The molecule has 0 amide bonds. The standard InChI is InChI=1S/C9H9BrF5NOS/c1-16-7-4-6(8(17)5-10)2-3-9(7)18(11,12,13,14)15/h2-4,16H,5H2,1H3. The van der Waals surface area contributed by atoms with E-state index in [4.69, 9.17) is 0 Å². The maximum Gasteiger partial charge on any atom is 0.312 e. The molecule has 104 valence electrons. The van der Waals surface area contributed by atoms with Gasteiger partial charge in [-0.25, -0.2) is 0 Å². The van der Waals surface area contributed by atoms with Crippen LogP contribution in [-0.4, -0.2) is 18.2 Å². The van der Waals surface area contributed by atoms with Gasteiger partial charge in [0.2, 0.25) is 0 Å². The highest BCUT2D eigenvalue weighted by Gasteiger charge is 2.66. The number of alkyl halides is 1. The third-order valence-corrected chi connectivity index (χ3v) is 3.80. The zero-order valence-electron chi connectivity index (χ0n) is 9.02. The van der Waals surface area contributed by atoms with Gasteiger partial charge < -0.3 is 5.32 Å². The Labute approximate surface area is 108 Å². The van der Waals surface area contributed by atoms with E-state index in [9.17, 15) is 24.2 Å². The summed E-state index contributed by atoms with van der Waals surface area (Å²) < 4.78 is 63.4. The summed E-state index contributed by atoms with van der Waals surface area (Å²) >= 11 is 2.84. The molecule has 0 bridgehead atoms. The van der Waals surface area contributed by atoms with E-state index in [0.717, 1.165) is 19.2 Å². The molecule has 9 heteroatoms. The predicted octanol–water partition coefficient (Wildman–Crippen LogP) is 4.96. The molecule has 0 saturated heterocycles. The van der Waals surface area contributed by atoms with Gasteiger partial charge in [0.25, 0.3) is 0 Å². The molecule has 0 unspecified atom stereocenters. The van der Waals surface area contributed by atoms with Crippen molar-refractivity contribution in [2.45, 2.75) is 4.90 Å². The third-order valence-electron chi connectivity index (χ3n) is 2.11. The van der Waals surface area contributed by atoms with Crippen molar-refractivity contribution in [3.8, 4) is 0 Å². The van der Waals surface area contributed by atoms with Crippen molar-refractivity contribution in [2.75, 3.05) is 17.7 Å². The van der Waals surface area contributed by atoms with Crippen molar-refractivity contribution < 1.29 is 24.2 Å². The van der Waals surface area contributed by atoms with Gasteiger partial charge in [-0.1, -0.05) is 35.4 Å². The Morgan fingerprint density at radius 2 is 1.83 bits per heavy atom. The number of carbonyl (C=O) groups is 1. The van der Waals surface area contributed by atoms with Crippen molar-refractivity contribution in [3.05, 3.63) is 23.8 Å². The van der Waals surface area contributed by atoms with E-state index in [2.05, 4.69) is 15.9 Å². The fourth-order valence-corrected chi connectivity index (χ4v) is 2.54. The van der Waals surface area contributed by atoms with Crippen molar-refractivity contribution in [1.29, 1.82) is 0 Å². The number of rotatable bonds is 4. The molecular formula is C9H9BrF5NOS. The molecule has 0 aliphatic carbocycles. The summed E-state index contributed by atoms with van der Waals surface area (Å²) in [5.41, 5.74) is -0.900. The Kier molecular flexibility index (Phi) is 3.24. The van der Waals surface area contributed by atoms with E-state index in [-0.39, 0.29) is 17.0 Å². The Hall–Kier alpha value is -0.830. The maximum absolute atomic E-state index is 12.7. The van der Waals surface area contributed by atoms with Gasteiger partial charge >= 0.3 is 10.2 Å². The number of carbonyl (C=O) groups excluding carboxylic acids is 1. The first-order valence-electron chi connectivity index (χ1n) is 4.54. The van der Waals surface area contributed by atoms with Crippen molar-refractivity contribution >= 4 is 37.6 Å². The Morgan fingerprint density at radius 3 is 2.22 bits per heavy atom. The van der Waals surface area contributed by atoms with Crippen LogP contribution in [0.1, 0.15) is 10.4 Å². The van der Waals surface area contributed by atoms with Crippen molar-refractivity contribution in [2.24, 2.45) is 0 Å². The quantitative estimate of drug-likeness (QED) is 0.470. The van der Waals surface area contributed by atoms with Crippen LogP contribution < -0.4 is 5.32 Å². The van der Waals surface area contributed by atoms with E-state index < -0.39 is 26.6 Å². The van der Waals surface area contributed by atoms with Crippen LogP contribution in [0.25, 0.3) is 0 Å². The fourth-order valence-electron chi connectivity index (χ4n) is 1.31. The number of benzene rings is 1. The van der Waals surface area contributed by atoms with Gasteiger partial charge in [0, 0.05) is 12.6 Å². The molecule has 1 aromatic carbocycles. The maximum atomic E-state index is 12.7. The van der Waals surface area contributed by atoms with Crippen LogP contribution in [0.5, 0.6) is 0 Å². The van der Waals surface area contributed by atoms with Crippen LogP contribution >= 0.6 is 26.2 Å². The number of halogens is 6. The van der Waals surface area contributed by atoms with Gasteiger partial charge in [-0.15, -0.1) is 0 Å². The van der Waals surface area contributed by atoms with Crippen LogP contribution in [0, 0.1) is 0 Å². The molecule has 0 radical (unpaired) electrons. The molecule has 0 spiro atoms. The van der Waals surface area contributed by atoms with Crippen LogP contribution in [0.15, 0.2) is 23.1 Å². The minimum Gasteiger partial charge on any atom is -0.387 e. The van der Waals surface area contributed by atoms with E-state index in [0.29, 0.717) is 0 Å². The Balaban J connectivity index is 3.48. The summed E-state index contributed by atoms with van der Waals surface area (Å²) in [6, 6.07) is 1.72. The number of hydrogen-bond acceptors (Lipinski definition) is 2. The topological polar surface area (TPSA) is 29.1 Å². The van der Waals surface area contributed by atoms with E-state index >= 15 is 0 Å². The van der Waals surface area contributed by atoms with Crippen LogP contribution in [0.2, 0.25) is 0 Å². The van der Waals surface area contributed by atoms with E-state index in [1.54, 1.807) is 0 Å². The zero-order chi connectivity index (χ0) is 14.3. The Bertz CT molecular complexity index is 501. The molecule has 1 rings (SSSR count). The molecule has 0 aliphatic heterocycles. The average Bonchev–Trinajstić information content (AvgIpc) is 2.24. The molecule has 0 fully saturated rings. The lowest BCUT2D eigenvalue weighted by molar-refractivity contribution is 0.102. The number of hydrogen-bond donors (Lipinski definition) is 1. The molecule has 0 aliphatic rings. The van der Waals surface area contributed by atoms with Gasteiger partial charge in [0.05, 0.1) is 11.0 Å². The number of nitrogens with one attached hydrogen (secondary N) is 1. The van der Waals surface area contributed by atoms with Gasteiger partial charge in [0.1, 0.15) is 4.90 Å². The van der Waals surface area contributed by atoms with Gasteiger partial charge in [-0.05, 0) is 18.2 Å². The van der Waals surface area contributed by atoms with E-state index in [1.807, 2.05) is 5.32 Å². The smallest absolute Gasteiger partial charge is 0.312 e. The highest BCUT2D eigenvalue weighted by molar-refractivity contribution is 9.09. The number of Topliss-reactive ketones (excluding diaryl/α,β-unsaturated/α-hetero) is 1. The molecule has 0 aromatic heterocycles. The summed E-state index contributed by atoms with van der Waals surface area (Å²) in [5.74, 6) is -0.500. The second-order valence-corrected chi connectivity index (χ2v) is 6.43. The summed E-state index contributed by atoms with van der Waals surface area (Å²) in [6.07, 6.45) is 0. The highest BCUT2D eigenvalue weighted by Crippen LogP contribution is 3.02. The monoisotopic (exact) mass is 353 g/mol. The molecule has 1 N–H and O–H groups in total. The van der Waals surface area contributed by atoms with Gasteiger partial charge in [-0.2, -0.15) is 0 Å². The van der Waals surface area contributed by atoms with Gasteiger partial charge in [0.15, 0.2) is 5.78 Å². The molecule has 0 heterocycles. The highest BCUT2D eigenvalue weighted by atomic mass is 79.9. The zero-order valence-corrected chi connectivity index (χ0v) is 11.4. The van der Waals surface area contributed by atoms with Gasteiger partial charge in [-0.3, -0.25) is 4.79 Å². The number of ketones is 1. The molecular weight excluding hydrogens is 345 g/mol. The first-order chi connectivity index (χ1) is 7.88. The summed E-state index contributed by atoms with van der Waals surface area (Å²) in [7, 11) is -8.69. The third kappa shape index (κ3) is 3.35. The minimum atomic E-state index is -9.76. The normalized spacial score (nSPS) is 15.7. The lowest BCUT2D eigenvalue weighted by Crippen LogP contribution is -2.11. The van der Waals surface area contributed by atoms with E-state index in [1.165, 1.54) is 0 Å². The number of anilines is 1. The Morgan fingerprint density at radius 1 is 1.28 bits per heavy atom. The van der Waals surface area contributed by atoms with Crippen LogP contribution in [0.4, 0.5) is 25.1 Å². The largest absolute Gasteiger partial charge is 0.387 e. The van der Waals surface area contributed by atoms with Crippen molar-refractivity contribution in [1.82, 2.24) is 0 Å². The predicted molar refractivity (Wildman–Crippen MR) is 65.5 cm³/mol. The lowest BCUT2D eigenvalue weighted by Gasteiger charge is -2.41. The van der Waals surface area contributed by atoms with Crippen LogP contribution in [0.3, 0.4) is 0 Å². The molecule has 2 nitrogen and oxygen atoms in total. The molecule has 18 heavy (non-hydrogen) atoms. The average molecular weight is 354 g/mol. The SMILES string of the molecule is CNc1cc(C(=O)CBr)ccc1S(F)(F)(F)(F)F. The second kappa shape index (κ2) is 3.83. The van der Waals surface area contributed by atoms with Crippen molar-refractivity contribution in [3.63, 3.8) is 0 Å². The molecule has 1 aromatic rings. The first-order valence-corrected chi connectivity index (χ1v) is 7.61. The summed E-state index contributed by atoms with van der Waals surface area (Å²) in [4.78, 5) is 9.24. The summed E-state index contributed by atoms with van der Waals surface area (Å²) in [5, 5.41) is 1.93. The molecule has 0 saturated carbocycles. The minimum absolute atomic E-state index is 0.0816. The lowest BCUT2D eigenvalue weighted by atomic mass is 10.1.